The number of anilines is 1. The fraction of sp³-hybridized carbons (Fsp3) is 0.562. The normalized spacial score (nSPS) is 19.1. The summed E-state index contributed by atoms with van der Waals surface area (Å²) in [4.78, 5) is 14.0. The molecule has 6 heteroatoms. The Balaban J connectivity index is 1.82. The first-order chi connectivity index (χ1) is 10.5. The molecule has 2 unspecified atom stereocenters. The summed E-state index contributed by atoms with van der Waals surface area (Å²) in [6, 6.07) is 5.33. The second-order valence-corrected chi connectivity index (χ2v) is 6.09. The maximum atomic E-state index is 12.2. The van der Waals surface area contributed by atoms with Gasteiger partial charge in [-0.15, -0.1) is 0 Å². The highest BCUT2D eigenvalue weighted by atomic mass is 35.5. The number of benzene rings is 1. The van der Waals surface area contributed by atoms with Gasteiger partial charge in [0.25, 0.3) is 0 Å². The summed E-state index contributed by atoms with van der Waals surface area (Å²) in [5.41, 5.74) is 0.783. The Bertz CT molecular complexity index is 522. The minimum atomic E-state index is -0.355. The molecule has 0 spiro atoms. The van der Waals surface area contributed by atoms with Crippen molar-refractivity contribution in [3.05, 3.63) is 23.2 Å². The number of likely N-dealkylation sites (tertiary alicyclic amines) is 1. The zero-order valence-corrected chi connectivity index (χ0v) is 13.8. The van der Waals surface area contributed by atoms with Crippen LogP contribution in [0.5, 0.6) is 5.75 Å². The molecule has 22 heavy (non-hydrogen) atoms. The lowest BCUT2D eigenvalue weighted by Gasteiger charge is -2.18. The van der Waals surface area contributed by atoms with E-state index in [1.165, 1.54) is 0 Å². The number of aliphatic hydroxyl groups is 1. The molecule has 1 heterocycles. The summed E-state index contributed by atoms with van der Waals surface area (Å²) in [6.45, 7) is 3.68. The molecule has 0 saturated carbocycles. The molecule has 1 aliphatic rings. The Morgan fingerprint density at radius 3 is 3.00 bits per heavy atom. The van der Waals surface area contributed by atoms with Crippen molar-refractivity contribution < 1.29 is 14.6 Å². The van der Waals surface area contributed by atoms with Crippen LogP contribution in [0.1, 0.15) is 19.8 Å². The molecule has 0 aromatic heterocycles. The van der Waals surface area contributed by atoms with Crippen LogP contribution in [-0.4, -0.2) is 48.8 Å². The quantitative estimate of drug-likeness (QED) is 0.842. The molecule has 2 atom stereocenters. The molecular formula is C16H23ClN2O3. The highest BCUT2D eigenvalue weighted by molar-refractivity contribution is 6.30. The Morgan fingerprint density at radius 2 is 2.36 bits per heavy atom. The van der Waals surface area contributed by atoms with Gasteiger partial charge in [0.15, 0.2) is 0 Å². The van der Waals surface area contributed by atoms with Gasteiger partial charge < -0.3 is 20.1 Å². The monoisotopic (exact) mass is 326 g/mol. The Morgan fingerprint density at radius 1 is 1.59 bits per heavy atom. The summed E-state index contributed by atoms with van der Waals surface area (Å²) in [5.74, 6) is 1.01. The van der Waals surface area contributed by atoms with Crippen LogP contribution in [0, 0.1) is 5.92 Å². The third kappa shape index (κ3) is 4.27. The maximum Gasteiger partial charge on any atom is 0.224 e. The molecular weight excluding hydrogens is 304 g/mol. The molecule has 1 fully saturated rings. The third-order valence-corrected chi connectivity index (χ3v) is 4.31. The number of nitrogens with zero attached hydrogens (tertiary/aromatic N) is 1. The van der Waals surface area contributed by atoms with E-state index >= 15 is 0 Å². The van der Waals surface area contributed by atoms with Crippen LogP contribution in [0.2, 0.25) is 5.02 Å². The van der Waals surface area contributed by atoms with Crippen LogP contribution in [-0.2, 0) is 4.79 Å². The van der Waals surface area contributed by atoms with Gasteiger partial charge in [-0.25, -0.2) is 0 Å². The molecule has 122 valence electrons. The van der Waals surface area contributed by atoms with Gasteiger partial charge in [-0.3, -0.25) is 4.79 Å². The number of carbonyl (C=O) groups excluding carboxylic acids is 1. The van der Waals surface area contributed by atoms with Gasteiger partial charge in [0.05, 0.1) is 18.9 Å². The standard InChI is InChI=1S/C16H23ClN2O3/c1-11(20)12-6-8-19(10-12)16(21)5-7-18-14-9-13(17)3-4-15(14)22-2/h3-4,9,11-12,18,20H,5-8,10H2,1-2H3. The molecule has 2 rings (SSSR count). The van der Waals surface area contributed by atoms with E-state index in [0.29, 0.717) is 30.3 Å². The van der Waals surface area contributed by atoms with Gasteiger partial charge in [0.2, 0.25) is 5.91 Å². The van der Waals surface area contributed by atoms with E-state index in [0.717, 1.165) is 18.7 Å². The number of aliphatic hydroxyl groups excluding tert-OH is 1. The van der Waals surface area contributed by atoms with Crippen molar-refractivity contribution in [2.24, 2.45) is 5.92 Å². The third-order valence-electron chi connectivity index (χ3n) is 4.08. The number of amides is 1. The molecule has 1 amide bonds. The van der Waals surface area contributed by atoms with Crippen LogP contribution < -0.4 is 10.1 Å². The summed E-state index contributed by atoms with van der Waals surface area (Å²) in [6.07, 6.45) is 0.924. The van der Waals surface area contributed by atoms with Crippen molar-refractivity contribution in [1.82, 2.24) is 4.90 Å². The van der Waals surface area contributed by atoms with Gasteiger partial charge in [0, 0.05) is 37.0 Å². The highest BCUT2D eigenvalue weighted by Gasteiger charge is 2.28. The average Bonchev–Trinajstić information content (AvgIpc) is 2.97. The van der Waals surface area contributed by atoms with Gasteiger partial charge in [0.1, 0.15) is 5.75 Å². The van der Waals surface area contributed by atoms with Crippen molar-refractivity contribution in [1.29, 1.82) is 0 Å². The summed E-state index contributed by atoms with van der Waals surface area (Å²) in [5, 5.41) is 13.4. The number of carbonyl (C=O) groups is 1. The Hall–Kier alpha value is -1.46. The number of ether oxygens (including phenoxy) is 1. The second kappa shape index (κ2) is 7.70. The first kappa shape index (κ1) is 16.9. The number of hydrogen-bond donors (Lipinski definition) is 2. The van der Waals surface area contributed by atoms with Crippen molar-refractivity contribution in [2.75, 3.05) is 32.1 Å². The maximum absolute atomic E-state index is 12.2. The van der Waals surface area contributed by atoms with Crippen LogP contribution in [0.15, 0.2) is 18.2 Å². The lowest BCUT2D eigenvalue weighted by molar-refractivity contribution is -0.130. The lowest BCUT2D eigenvalue weighted by atomic mass is 10.0. The van der Waals surface area contributed by atoms with Crippen molar-refractivity contribution >= 4 is 23.2 Å². The largest absolute Gasteiger partial charge is 0.495 e. The Kier molecular flexibility index (Phi) is 5.91. The number of nitrogens with one attached hydrogen (secondary N) is 1. The van der Waals surface area contributed by atoms with Crippen LogP contribution in [0.3, 0.4) is 0 Å². The average molecular weight is 327 g/mol. The molecule has 0 bridgehead atoms. The number of methoxy groups -OCH3 is 1. The molecule has 0 radical (unpaired) electrons. The van der Waals surface area contributed by atoms with Gasteiger partial charge >= 0.3 is 0 Å². The first-order valence-corrected chi connectivity index (χ1v) is 7.92. The fourth-order valence-electron chi connectivity index (χ4n) is 2.69. The molecule has 1 aliphatic heterocycles. The van der Waals surface area contributed by atoms with E-state index in [9.17, 15) is 9.90 Å². The van der Waals surface area contributed by atoms with Crippen molar-refractivity contribution in [3.63, 3.8) is 0 Å². The van der Waals surface area contributed by atoms with E-state index in [2.05, 4.69) is 5.32 Å². The predicted octanol–water partition coefficient (Wildman–Crippen LogP) is 2.38. The van der Waals surface area contributed by atoms with Gasteiger partial charge in [-0.1, -0.05) is 11.6 Å². The number of hydrogen-bond acceptors (Lipinski definition) is 4. The zero-order valence-electron chi connectivity index (χ0n) is 13.0. The number of halogens is 1. The molecule has 0 aliphatic carbocycles. The Labute approximate surface area is 136 Å². The van der Waals surface area contributed by atoms with E-state index < -0.39 is 0 Å². The molecule has 5 nitrogen and oxygen atoms in total. The van der Waals surface area contributed by atoms with Gasteiger partial charge in [-0.05, 0) is 31.5 Å². The van der Waals surface area contributed by atoms with Gasteiger partial charge in [-0.2, -0.15) is 0 Å². The summed E-state index contributed by atoms with van der Waals surface area (Å²) < 4.78 is 5.25. The van der Waals surface area contributed by atoms with Crippen LogP contribution >= 0.6 is 11.6 Å². The number of rotatable bonds is 6. The summed E-state index contributed by atoms with van der Waals surface area (Å²) in [7, 11) is 1.60. The van der Waals surface area contributed by atoms with E-state index in [1.54, 1.807) is 32.2 Å². The van der Waals surface area contributed by atoms with E-state index in [-0.39, 0.29) is 17.9 Å². The molecule has 1 aromatic rings. The zero-order chi connectivity index (χ0) is 16.1. The highest BCUT2D eigenvalue weighted by Crippen LogP contribution is 2.27. The van der Waals surface area contributed by atoms with E-state index in [1.807, 2.05) is 4.90 Å². The smallest absolute Gasteiger partial charge is 0.224 e. The minimum absolute atomic E-state index is 0.108. The SMILES string of the molecule is COc1ccc(Cl)cc1NCCC(=O)N1CCC(C(C)O)C1. The lowest BCUT2D eigenvalue weighted by Crippen LogP contribution is -2.31. The fourth-order valence-corrected chi connectivity index (χ4v) is 2.86. The predicted molar refractivity (Wildman–Crippen MR) is 87.5 cm³/mol. The van der Waals surface area contributed by atoms with Crippen molar-refractivity contribution in [2.45, 2.75) is 25.9 Å². The second-order valence-electron chi connectivity index (χ2n) is 5.65. The van der Waals surface area contributed by atoms with E-state index in [4.69, 9.17) is 16.3 Å². The molecule has 1 aromatic carbocycles. The summed E-state index contributed by atoms with van der Waals surface area (Å²) >= 11 is 5.97. The first-order valence-electron chi connectivity index (χ1n) is 7.54. The molecule has 2 N–H and O–H groups in total. The van der Waals surface area contributed by atoms with Crippen LogP contribution in [0.4, 0.5) is 5.69 Å². The minimum Gasteiger partial charge on any atom is -0.495 e. The van der Waals surface area contributed by atoms with Crippen LogP contribution in [0.25, 0.3) is 0 Å². The molecule has 1 saturated heterocycles. The topological polar surface area (TPSA) is 61.8 Å². The van der Waals surface area contributed by atoms with Crippen molar-refractivity contribution in [3.8, 4) is 5.75 Å².